The van der Waals surface area contributed by atoms with Crippen LogP contribution < -0.4 is 0 Å². The van der Waals surface area contributed by atoms with Gasteiger partial charge in [0, 0.05) is 0 Å². The van der Waals surface area contributed by atoms with Gasteiger partial charge in [-0.3, -0.25) is 0 Å². The quantitative estimate of drug-likeness (QED) is 0.685. The van der Waals surface area contributed by atoms with Gasteiger partial charge < -0.3 is 0 Å². The van der Waals surface area contributed by atoms with E-state index in [4.69, 9.17) is 0 Å². The summed E-state index contributed by atoms with van der Waals surface area (Å²) < 4.78 is 107. The van der Waals surface area contributed by atoms with Crippen molar-refractivity contribution in [3.63, 3.8) is 0 Å². The molecule has 92 valence electrons. The molecular formula is C5H3F9S. The Labute approximate surface area is 81.8 Å². The van der Waals surface area contributed by atoms with Gasteiger partial charge in [0.05, 0.1) is 0 Å². The molecule has 0 rings (SSSR count). The second-order valence-corrected chi connectivity index (χ2v) is 3.30. The summed E-state index contributed by atoms with van der Waals surface area (Å²) >= 11 is -1.16. The molecule has 0 nitrogen and oxygen atoms in total. The molecular weight excluding hydrogens is 263 g/mol. The lowest BCUT2D eigenvalue weighted by molar-refractivity contribution is -0.378. The van der Waals surface area contributed by atoms with Crippen molar-refractivity contribution in [3.05, 3.63) is 0 Å². The summed E-state index contributed by atoms with van der Waals surface area (Å²) in [5.74, 6) is 0. The Morgan fingerprint density at radius 3 is 1.00 bits per heavy atom. The van der Waals surface area contributed by atoms with Gasteiger partial charge in [0.2, 0.25) is 0 Å². The van der Waals surface area contributed by atoms with Crippen molar-refractivity contribution < 1.29 is 39.5 Å². The van der Waals surface area contributed by atoms with Gasteiger partial charge in [-0.25, -0.2) is 4.39 Å². The summed E-state index contributed by atoms with van der Waals surface area (Å²) in [6, 6.07) is 0. The topological polar surface area (TPSA) is 0 Å². The molecule has 0 fully saturated rings. The minimum Gasteiger partial charge on any atom is -0.215 e. The second kappa shape index (κ2) is 3.63. The molecule has 0 bridgehead atoms. The number of thioether (sulfide) groups is 1. The fourth-order valence-electron chi connectivity index (χ4n) is 0.631. The highest BCUT2D eigenvalue weighted by atomic mass is 32.2. The van der Waals surface area contributed by atoms with Crippen LogP contribution in [0.25, 0.3) is 0 Å². The number of halogens is 9. The van der Waals surface area contributed by atoms with Gasteiger partial charge in [-0.2, -0.15) is 35.1 Å². The highest BCUT2D eigenvalue weighted by Gasteiger charge is 2.84. The average Bonchev–Trinajstić information content (AvgIpc) is 1.98. The van der Waals surface area contributed by atoms with Gasteiger partial charge in [0.15, 0.2) is 0 Å². The van der Waals surface area contributed by atoms with Crippen molar-refractivity contribution in [2.45, 2.75) is 23.3 Å². The molecule has 0 aromatic rings. The summed E-state index contributed by atoms with van der Waals surface area (Å²) in [5, 5.41) is -5.64. The summed E-state index contributed by atoms with van der Waals surface area (Å²) in [6.07, 6.45) is -13.2. The second-order valence-electron chi connectivity index (χ2n) is 2.37. The Morgan fingerprint density at radius 2 is 0.933 bits per heavy atom. The molecule has 0 amide bonds. The molecule has 0 N–H and O–H groups in total. The van der Waals surface area contributed by atoms with Gasteiger partial charge in [0.25, 0.3) is 0 Å². The third kappa shape index (κ3) is 2.13. The van der Waals surface area contributed by atoms with Crippen LogP contribution in [0.15, 0.2) is 0 Å². The first-order valence-electron chi connectivity index (χ1n) is 3.06. The lowest BCUT2D eigenvalue weighted by Gasteiger charge is -2.34. The number of rotatable bonds is 2. The SMILES string of the molecule is CSC(F)(F)C(F)(C(F)(F)F)C(F)(F)F. The number of hydrogen-bond acceptors (Lipinski definition) is 1. The van der Waals surface area contributed by atoms with E-state index in [1.165, 1.54) is 0 Å². The smallest absolute Gasteiger partial charge is 0.215 e. The third-order valence-corrected chi connectivity index (χ3v) is 2.23. The minimum atomic E-state index is -6.74. The predicted octanol–water partition coefficient (Wildman–Crippen LogP) is 3.78. The van der Waals surface area contributed by atoms with E-state index < -0.39 is 35.0 Å². The molecule has 0 aliphatic heterocycles. The van der Waals surface area contributed by atoms with Gasteiger partial charge in [0.1, 0.15) is 0 Å². The molecule has 0 radical (unpaired) electrons. The van der Waals surface area contributed by atoms with E-state index in [-0.39, 0.29) is 6.26 Å². The van der Waals surface area contributed by atoms with Crippen LogP contribution in [0.4, 0.5) is 39.5 Å². The maximum atomic E-state index is 12.6. The van der Waals surface area contributed by atoms with Crippen molar-refractivity contribution in [2.75, 3.05) is 6.26 Å². The molecule has 15 heavy (non-hydrogen) atoms. The van der Waals surface area contributed by atoms with Crippen molar-refractivity contribution >= 4 is 11.8 Å². The van der Waals surface area contributed by atoms with E-state index in [0.29, 0.717) is 0 Å². The maximum absolute atomic E-state index is 12.6. The fourth-order valence-corrected chi connectivity index (χ4v) is 1.14. The molecule has 0 unspecified atom stereocenters. The third-order valence-electron chi connectivity index (χ3n) is 1.44. The van der Waals surface area contributed by atoms with Crippen LogP contribution in [0.2, 0.25) is 0 Å². The van der Waals surface area contributed by atoms with Crippen molar-refractivity contribution in [1.82, 2.24) is 0 Å². The lowest BCUT2D eigenvalue weighted by atomic mass is 10.1. The Kier molecular flexibility index (Phi) is 3.56. The molecule has 0 aliphatic rings. The predicted molar refractivity (Wildman–Crippen MR) is 34.4 cm³/mol. The zero-order valence-electron chi connectivity index (χ0n) is 6.81. The van der Waals surface area contributed by atoms with Crippen LogP contribution in [-0.4, -0.2) is 29.5 Å². The molecule has 0 aromatic carbocycles. The van der Waals surface area contributed by atoms with E-state index in [2.05, 4.69) is 0 Å². The molecule has 0 spiro atoms. The van der Waals surface area contributed by atoms with Crippen molar-refractivity contribution in [2.24, 2.45) is 0 Å². The van der Waals surface area contributed by atoms with Gasteiger partial charge in [-0.05, 0) is 6.26 Å². The van der Waals surface area contributed by atoms with E-state index in [0.717, 1.165) is 0 Å². The van der Waals surface area contributed by atoms with E-state index in [1.54, 1.807) is 0 Å². The van der Waals surface area contributed by atoms with Crippen LogP contribution in [0, 0.1) is 0 Å². The molecule has 0 heterocycles. The summed E-state index contributed by atoms with van der Waals surface area (Å²) in [7, 11) is 0. The Balaban J connectivity index is 5.65. The standard InChI is InChI=1S/C5H3F9S/c1-15-5(13,14)2(6,3(7,8)9)4(10,11)12/h1H3. The van der Waals surface area contributed by atoms with Crippen LogP contribution in [-0.2, 0) is 0 Å². The summed E-state index contributed by atoms with van der Waals surface area (Å²) in [4.78, 5) is 0. The molecule has 0 atom stereocenters. The normalized spacial score (nSPS) is 15.6. The zero-order chi connectivity index (χ0) is 12.7. The van der Waals surface area contributed by atoms with E-state index >= 15 is 0 Å². The molecule has 0 saturated heterocycles. The van der Waals surface area contributed by atoms with E-state index in [1.807, 2.05) is 0 Å². The molecule has 10 heteroatoms. The average molecular weight is 266 g/mol. The highest BCUT2D eigenvalue weighted by Crippen LogP contribution is 2.57. The van der Waals surface area contributed by atoms with Crippen LogP contribution in [0.5, 0.6) is 0 Å². The molecule has 0 saturated carbocycles. The number of alkyl halides is 9. The maximum Gasteiger partial charge on any atom is 0.438 e. The monoisotopic (exact) mass is 266 g/mol. The first kappa shape index (κ1) is 14.7. The van der Waals surface area contributed by atoms with Crippen LogP contribution >= 0.6 is 11.8 Å². The highest BCUT2D eigenvalue weighted by molar-refractivity contribution is 7.99. The zero-order valence-corrected chi connectivity index (χ0v) is 7.63. The number of hydrogen-bond donors (Lipinski definition) is 0. The first-order chi connectivity index (χ1) is 6.31. The van der Waals surface area contributed by atoms with E-state index in [9.17, 15) is 39.5 Å². The van der Waals surface area contributed by atoms with Gasteiger partial charge >= 0.3 is 23.3 Å². The van der Waals surface area contributed by atoms with Gasteiger partial charge in [-0.15, -0.1) is 0 Å². The largest absolute Gasteiger partial charge is 0.438 e. The van der Waals surface area contributed by atoms with Crippen molar-refractivity contribution in [3.8, 4) is 0 Å². The molecule has 0 aliphatic carbocycles. The summed E-state index contributed by atoms with van der Waals surface area (Å²) in [5.41, 5.74) is -6.55. The minimum absolute atomic E-state index is 0.242. The van der Waals surface area contributed by atoms with Crippen LogP contribution in [0.3, 0.4) is 0 Å². The molecule has 0 aromatic heterocycles. The summed E-state index contributed by atoms with van der Waals surface area (Å²) in [6.45, 7) is 0. The first-order valence-corrected chi connectivity index (χ1v) is 4.29. The van der Waals surface area contributed by atoms with Gasteiger partial charge in [-0.1, -0.05) is 11.8 Å². The Bertz CT molecular complexity index is 212. The Morgan fingerprint density at radius 1 is 0.667 bits per heavy atom. The van der Waals surface area contributed by atoms with Crippen LogP contribution in [0.1, 0.15) is 0 Å². The van der Waals surface area contributed by atoms with Crippen molar-refractivity contribution in [1.29, 1.82) is 0 Å². The fraction of sp³-hybridized carbons (Fsp3) is 1.00. The lowest BCUT2D eigenvalue weighted by Crippen LogP contribution is -2.63. The Hall–Kier alpha value is -0.280.